The first-order valence-electron chi connectivity index (χ1n) is 5.42. The Morgan fingerprint density at radius 2 is 2.41 bits per heavy atom. The van der Waals surface area contributed by atoms with E-state index in [1.54, 1.807) is 18.6 Å². The molecule has 0 aliphatic carbocycles. The Morgan fingerprint density at radius 3 is 3.12 bits per heavy atom. The molecule has 0 atom stereocenters. The van der Waals surface area contributed by atoms with Gasteiger partial charge in [-0.05, 0) is 12.5 Å². The van der Waals surface area contributed by atoms with Crippen molar-refractivity contribution in [1.82, 2.24) is 14.6 Å². The van der Waals surface area contributed by atoms with E-state index in [0.29, 0.717) is 11.3 Å². The highest BCUT2D eigenvalue weighted by molar-refractivity contribution is 5.61. The summed E-state index contributed by atoms with van der Waals surface area (Å²) in [7, 11) is 0. The maximum Gasteiger partial charge on any atom is 0.273 e. The van der Waals surface area contributed by atoms with E-state index in [4.69, 9.17) is 4.42 Å². The summed E-state index contributed by atoms with van der Waals surface area (Å²) in [5, 5.41) is 2.90. The Bertz CT molecular complexity index is 707. The second kappa shape index (κ2) is 3.62. The van der Waals surface area contributed by atoms with E-state index in [0.717, 1.165) is 17.5 Å². The molecule has 0 radical (unpaired) electrons. The van der Waals surface area contributed by atoms with Crippen LogP contribution in [0.2, 0.25) is 0 Å². The molecule has 0 aliphatic rings. The highest BCUT2D eigenvalue weighted by Gasteiger charge is 2.09. The second-order valence-corrected chi connectivity index (χ2v) is 3.80. The van der Waals surface area contributed by atoms with Gasteiger partial charge in [-0.3, -0.25) is 9.89 Å². The first-order chi connectivity index (χ1) is 8.29. The predicted molar refractivity (Wildman–Crippen MR) is 62.9 cm³/mol. The van der Waals surface area contributed by atoms with Crippen LogP contribution in [0.15, 0.2) is 40.1 Å². The Morgan fingerprint density at radius 1 is 1.53 bits per heavy atom. The summed E-state index contributed by atoms with van der Waals surface area (Å²) in [6.07, 6.45) is 5.78. The fourth-order valence-electron chi connectivity index (χ4n) is 1.85. The summed E-state index contributed by atoms with van der Waals surface area (Å²) in [5.41, 5.74) is 3.03. The summed E-state index contributed by atoms with van der Waals surface area (Å²) in [6.45, 7) is 2.03. The molecule has 3 rings (SSSR count). The summed E-state index contributed by atoms with van der Waals surface area (Å²) >= 11 is 0. The Labute approximate surface area is 96.7 Å². The molecule has 3 aromatic rings. The molecule has 0 amide bonds. The van der Waals surface area contributed by atoms with Crippen LogP contribution < -0.4 is 5.56 Å². The Kier molecular flexibility index (Phi) is 2.11. The maximum atomic E-state index is 11.9. The number of nitrogens with one attached hydrogen (secondary N) is 1. The normalized spacial score (nSPS) is 11.1. The van der Waals surface area contributed by atoms with Crippen molar-refractivity contribution >= 4 is 5.65 Å². The van der Waals surface area contributed by atoms with Gasteiger partial charge in [-0.15, -0.1) is 0 Å². The SMILES string of the molecule is CCc1c[nH]n2c(=O)cc(-c3ccoc3)nc12. The standard InChI is InChI=1S/C12H11N3O2/c1-2-8-6-13-15-11(16)5-10(14-12(8)15)9-3-4-17-7-9/h3-7,13H,2H2,1H3. The maximum absolute atomic E-state index is 11.9. The largest absolute Gasteiger partial charge is 0.472 e. The number of rotatable bonds is 2. The summed E-state index contributed by atoms with van der Waals surface area (Å²) in [5.74, 6) is 0. The molecule has 0 spiro atoms. The summed E-state index contributed by atoms with van der Waals surface area (Å²) in [4.78, 5) is 16.4. The molecule has 17 heavy (non-hydrogen) atoms. The molecule has 0 saturated carbocycles. The molecule has 0 saturated heterocycles. The lowest BCUT2D eigenvalue weighted by atomic mass is 10.2. The van der Waals surface area contributed by atoms with Crippen molar-refractivity contribution in [3.8, 4) is 11.3 Å². The quantitative estimate of drug-likeness (QED) is 0.729. The van der Waals surface area contributed by atoms with E-state index >= 15 is 0 Å². The highest BCUT2D eigenvalue weighted by Crippen LogP contribution is 2.17. The molecule has 86 valence electrons. The van der Waals surface area contributed by atoms with Crippen molar-refractivity contribution in [3.63, 3.8) is 0 Å². The van der Waals surface area contributed by atoms with Crippen molar-refractivity contribution in [2.45, 2.75) is 13.3 Å². The van der Waals surface area contributed by atoms with Crippen molar-refractivity contribution in [2.24, 2.45) is 0 Å². The summed E-state index contributed by atoms with van der Waals surface area (Å²) in [6, 6.07) is 3.28. The van der Waals surface area contributed by atoms with Gasteiger partial charge in [0.25, 0.3) is 5.56 Å². The third-order valence-electron chi connectivity index (χ3n) is 2.77. The second-order valence-electron chi connectivity index (χ2n) is 3.80. The van der Waals surface area contributed by atoms with E-state index in [9.17, 15) is 4.79 Å². The third-order valence-corrected chi connectivity index (χ3v) is 2.77. The van der Waals surface area contributed by atoms with Crippen molar-refractivity contribution in [2.75, 3.05) is 0 Å². The van der Waals surface area contributed by atoms with E-state index in [-0.39, 0.29) is 5.56 Å². The zero-order valence-corrected chi connectivity index (χ0v) is 9.30. The number of fused-ring (bicyclic) bond motifs is 1. The van der Waals surface area contributed by atoms with Crippen LogP contribution in [-0.2, 0) is 6.42 Å². The molecular weight excluding hydrogens is 218 g/mol. The molecule has 1 N–H and O–H groups in total. The molecule has 0 fully saturated rings. The Balaban J connectivity index is 2.32. The molecule has 0 unspecified atom stereocenters. The first-order valence-corrected chi connectivity index (χ1v) is 5.42. The Hall–Kier alpha value is -2.30. The number of furan rings is 1. The zero-order valence-electron chi connectivity index (χ0n) is 9.30. The van der Waals surface area contributed by atoms with Crippen LogP contribution >= 0.6 is 0 Å². The van der Waals surface area contributed by atoms with Gasteiger partial charge >= 0.3 is 0 Å². The fourth-order valence-corrected chi connectivity index (χ4v) is 1.85. The van der Waals surface area contributed by atoms with E-state index < -0.39 is 0 Å². The zero-order chi connectivity index (χ0) is 11.8. The number of nitrogens with zero attached hydrogens (tertiary/aromatic N) is 2. The minimum Gasteiger partial charge on any atom is -0.472 e. The van der Waals surface area contributed by atoms with Crippen molar-refractivity contribution in [1.29, 1.82) is 0 Å². The monoisotopic (exact) mass is 229 g/mol. The smallest absolute Gasteiger partial charge is 0.273 e. The van der Waals surface area contributed by atoms with Crippen molar-refractivity contribution < 1.29 is 4.42 Å². The average molecular weight is 229 g/mol. The molecule has 5 heteroatoms. The number of aryl methyl sites for hydroxylation is 1. The number of aromatic nitrogens is 3. The highest BCUT2D eigenvalue weighted by atomic mass is 16.3. The van der Waals surface area contributed by atoms with Gasteiger partial charge in [0, 0.05) is 23.4 Å². The van der Waals surface area contributed by atoms with Gasteiger partial charge in [0.2, 0.25) is 0 Å². The number of hydrogen-bond acceptors (Lipinski definition) is 3. The fraction of sp³-hybridized carbons (Fsp3) is 0.167. The summed E-state index contributed by atoms with van der Waals surface area (Å²) < 4.78 is 6.45. The minimum atomic E-state index is -0.120. The first kappa shape index (κ1) is 9.89. The van der Waals surface area contributed by atoms with Crippen LogP contribution in [0.25, 0.3) is 16.9 Å². The van der Waals surface area contributed by atoms with Crippen LogP contribution in [0.4, 0.5) is 0 Å². The van der Waals surface area contributed by atoms with Gasteiger partial charge < -0.3 is 4.42 Å². The van der Waals surface area contributed by atoms with Gasteiger partial charge in [-0.1, -0.05) is 6.92 Å². The predicted octanol–water partition coefficient (Wildman–Crippen LogP) is 1.84. The van der Waals surface area contributed by atoms with Crippen LogP contribution in [0.5, 0.6) is 0 Å². The van der Waals surface area contributed by atoms with Gasteiger partial charge in [-0.2, -0.15) is 0 Å². The van der Waals surface area contributed by atoms with Crippen LogP contribution in [-0.4, -0.2) is 14.6 Å². The van der Waals surface area contributed by atoms with E-state index in [1.165, 1.54) is 10.6 Å². The number of H-pyrrole nitrogens is 1. The molecule has 3 aromatic heterocycles. The van der Waals surface area contributed by atoms with Crippen molar-refractivity contribution in [3.05, 3.63) is 46.8 Å². The van der Waals surface area contributed by atoms with E-state index in [2.05, 4.69) is 10.1 Å². The third kappa shape index (κ3) is 1.47. The minimum absolute atomic E-state index is 0.120. The molecule has 0 bridgehead atoms. The van der Waals surface area contributed by atoms with Gasteiger partial charge in [0.15, 0.2) is 5.65 Å². The van der Waals surface area contributed by atoms with Crippen LogP contribution in [0.1, 0.15) is 12.5 Å². The molecule has 0 aliphatic heterocycles. The van der Waals surface area contributed by atoms with Gasteiger partial charge in [0.05, 0.1) is 18.2 Å². The molecular formula is C12H11N3O2. The lowest BCUT2D eigenvalue weighted by Gasteiger charge is -1.98. The number of aromatic amines is 1. The lowest BCUT2D eigenvalue weighted by molar-refractivity contribution is 0.568. The lowest BCUT2D eigenvalue weighted by Crippen LogP contribution is -2.14. The number of hydrogen-bond donors (Lipinski definition) is 1. The topological polar surface area (TPSA) is 63.3 Å². The molecule has 5 nitrogen and oxygen atoms in total. The average Bonchev–Trinajstić information content (AvgIpc) is 2.97. The van der Waals surface area contributed by atoms with Crippen LogP contribution in [0.3, 0.4) is 0 Å². The molecule has 3 heterocycles. The van der Waals surface area contributed by atoms with E-state index in [1.807, 2.05) is 13.1 Å². The van der Waals surface area contributed by atoms with Crippen LogP contribution in [0, 0.1) is 0 Å². The van der Waals surface area contributed by atoms with Gasteiger partial charge in [-0.25, -0.2) is 9.50 Å². The van der Waals surface area contributed by atoms with Gasteiger partial charge in [0.1, 0.15) is 0 Å². The molecule has 0 aromatic carbocycles.